The van der Waals surface area contributed by atoms with E-state index in [1.165, 1.54) is 96.4 Å². The van der Waals surface area contributed by atoms with Gasteiger partial charge in [0.15, 0.2) is 5.78 Å². The smallest absolute Gasteiger partial charge is 0.159 e. The summed E-state index contributed by atoms with van der Waals surface area (Å²) in [7, 11) is 0. The zero-order valence-electron chi connectivity index (χ0n) is 87.5. The van der Waals surface area contributed by atoms with E-state index in [1.54, 1.807) is 30.3 Å². The summed E-state index contributed by atoms with van der Waals surface area (Å²) in [6, 6.07) is 133. The molecule has 0 saturated carbocycles. The molecule has 0 bridgehead atoms. The number of dihydropyridines is 1. The molecule has 0 amide bonds. The molecule has 1 N–H and O–H groups in total. The first-order valence-corrected chi connectivity index (χ1v) is 46.4. The predicted octanol–water partition coefficient (Wildman–Crippen LogP) is 31.7. The zero-order chi connectivity index (χ0) is 102. The summed E-state index contributed by atoms with van der Waals surface area (Å²) in [6.45, 7) is 20.9. The van der Waals surface area contributed by atoms with Gasteiger partial charge >= 0.3 is 0 Å². The van der Waals surface area contributed by atoms with E-state index in [-0.39, 0.29) is 109 Å². The largest absolute Gasteiger partial charge is 0.512 e. The van der Waals surface area contributed by atoms with Crippen LogP contribution in [0, 0.1) is 109 Å². The van der Waals surface area contributed by atoms with Crippen molar-refractivity contribution in [2.75, 3.05) is 0 Å². The third-order valence-electron chi connectivity index (χ3n) is 21.8. The van der Waals surface area contributed by atoms with Crippen LogP contribution >= 0.6 is 0 Å². The second-order valence-corrected chi connectivity index (χ2v) is 34.8. The molecular weight excluding hydrogens is 2440 g/mol. The number of rotatable bonds is 18. The van der Waals surface area contributed by atoms with E-state index >= 15 is 0 Å². The van der Waals surface area contributed by atoms with Crippen LogP contribution in [0.2, 0.25) is 0 Å². The number of pyridine rings is 6. The average molecular weight is 2560 g/mol. The third kappa shape index (κ3) is 37.2. The number of allylic oxidation sites excluding steroid dienone is 5. The van der Waals surface area contributed by atoms with E-state index < -0.39 is 13.7 Å². The summed E-state index contributed by atoms with van der Waals surface area (Å²) in [6.07, 6.45) is 21.7. The van der Waals surface area contributed by atoms with Crippen molar-refractivity contribution < 1.29 is 98.5 Å². The summed E-state index contributed by atoms with van der Waals surface area (Å²) < 4.78 is 43.8. The van der Waals surface area contributed by atoms with E-state index in [9.17, 15) is 9.90 Å². The number of benzene rings is 11. The number of nitrogens with zero attached hydrogens (tertiary/aromatic N) is 7. The first-order valence-electron chi connectivity index (χ1n) is 49.4. The minimum Gasteiger partial charge on any atom is -0.512 e. The molecule has 1 atom stereocenters. The molecule has 1 aliphatic heterocycles. The summed E-state index contributed by atoms with van der Waals surface area (Å²) in [4.78, 5) is 42.2. The molecule has 0 saturated heterocycles. The number of aliphatic hydroxyl groups is 1. The Morgan fingerprint density at radius 2 is 0.823 bits per heavy atom. The third-order valence-corrected chi connectivity index (χ3v) is 21.8. The van der Waals surface area contributed by atoms with E-state index in [2.05, 4.69) is 248 Å². The van der Waals surface area contributed by atoms with Crippen LogP contribution < -0.4 is 0 Å². The van der Waals surface area contributed by atoms with Crippen molar-refractivity contribution in [2.45, 2.75) is 129 Å². The Hall–Kier alpha value is -13.0. The van der Waals surface area contributed by atoms with Crippen LogP contribution in [0.15, 0.2) is 417 Å². The molecule has 141 heavy (non-hydrogen) atoms. The van der Waals surface area contributed by atoms with Gasteiger partial charge < -0.3 is 40.0 Å². The molecule has 2 aliphatic rings. The Bertz CT molecular complexity index is 7030. The number of hydrogen-bond acceptors (Lipinski definition) is 9. The number of fused-ring (bicyclic) bond motifs is 1. The number of aryl methyl sites for hydroxylation is 7. The SMILES string of the molecule is CC(C)CC(=O)C=C(O)CC(C)C.CC(C)Cc1ccc(-c2ccnc(-c3[c-]cccc3)c2)cc1.CC1=CC(c2[c-]c(C)cc(C)c2)=NC2CC=C(c3ccccc3)C=C12.Cc1cc(-c2[c-]cccc2)ncc1-c1ccccc1.Cc1ccc(-c2[c-]cccc2)nc1.Cc1ccnc(-c2[c-]cccc2)c1.[2H]C([2H])([2H])c1ccc(-c2[c-]ccc(-c3ccccc3)c2)nc1.[2H]C([2H])([2H])c1ccc(-c2[c-]cccc2)nc1.[Ir].[Ir].[Ir].[Ir]. The van der Waals surface area contributed by atoms with Crippen molar-refractivity contribution in [1.29, 1.82) is 0 Å². The molecule has 1 aliphatic carbocycles. The van der Waals surface area contributed by atoms with Crippen LogP contribution in [0.5, 0.6) is 0 Å². The number of carbonyl (C=O) groups is 1. The van der Waals surface area contributed by atoms with E-state index in [0.717, 1.165) is 97.1 Å². The van der Waals surface area contributed by atoms with Crippen molar-refractivity contribution >= 4 is 17.1 Å². The fraction of sp³-hybridized carbons (Fsp3) is 0.172. The maximum atomic E-state index is 11.2. The van der Waals surface area contributed by atoms with Gasteiger partial charge in [-0.1, -0.05) is 249 Å². The monoisotopic (exact) mass is 2560 g/mol. The van der Waals surface area contributed by atoms with Crippen LogP contribution in [-0.4, -0.2) is 52.5 Å². The van der Waals surface area contributed by atoms with Crippen LogP contribution in [-0.2, 0) is 91.6 Å². The standard InChI is InChI=1S/C24H22N.C21H20N.2C18H14N.3C12H10N.C11H20O2.4Ir/c1-16-11-17(2)13-21(12-16)24-14-18(3)22-15-20(9-10-23(22)25-24)19-7-5-4-6-8-19;1-16(2)14-17-8-10-18(11-9-17)20-12-13-22-21(15-20)19-6-4-3-5-7-19;1-14-12-18(16-10-6-3-7-11-16)19-13-17(14)15-8-4-2-5-9-15;1-14-10-11-18(19-13-14)17-9-5-8-16(12-17)15-6-3-2-4-7-15;1-10-7-8-13-12(9-10)11-5-3-2-4-6-11;2*1-10-7-8-12(13-9-10)11-5-3-2-4-6-11;1-8(2)5-10(12)7-11(13)6-9(3)4;;;;/h4-9,11-12,14-15,23H,10H2,1-3H3;3-6,8-13,15-16H,14H2,1-2H3;2-10,12-13H,1H3;2-8,10-13H,1H3;3*2-5,7-9H,1H3;7-9,12H,5-6H2,1-4H3;;;;/q7*-1;;;;;/i;;;1D3;;1D3;;;;;;. The number of carbonyl (C=O) groups excluding carboxylic acids is 1. The van der Waals surface area contributed by atoms with Gasteiger partial charge in [0.2, 0.25) is 0 Å². The average Bonchev–Trinajstić information content (AvgIpc) is 0.779. The van der Waals surface area contributed by atoms with Gasteiger partial charge in [0.1, 0.15) is 0 Å². The maximum Gasteiger partial charge on any atom is 0.159 e. The molecule has 7 heterocycles. The van der Waals surface area contributed by atoms with Gasteiger partial charge in [0.05, 0.1) is 11.8 Å². The van der Waals surface area contributed by atoms with Gasteiger partial charge in [-0.3, -0.25) is 4.79 Å². The quantitative estimate of drug-likeness (QED) is 0.0511. The molecule has 0 spiro atoms. The van der Waals surface area contributed by atoms with Crippen molar-refractivity contribution in [3.63, 3.8) is 0 Å². The molecular formula is C128H120Ir4N7O2-7. The fourth-order valence-electron chi connectivity index (χ4n) is 15.1. The molecule has 19 rings (SSSR count). The van der Waals surface area contributed by atoms with Gasteiger partial charge in [-0.2, -0.15) is 0 Å². The second-order valence-electron chi connectivity index (χ2n) is 34.8. The van der Waals surface area contributed by atoms with Crippen LogP contribution in [0.25, 0.3) is 106 Å². The van der Waals surface area contributed by atoms with Crippen molar-refractivity contribution in [1.82, 2.24) is 29.9 Å². The Labute approximate surface area is 900 Å². The molecule has 6 aromatic heterocycles. The van der Waals surface area contributed by atoms with Gasteiger partial charge in [-0.25, -0.2) is 0 Å². The Kier molecular flexibility index (Phi) is 43.9. The van der Waals surface area contributed by atoms with Gasteiger partial charge in [0, 0.05) is 150 Å². The normalized spacial score (nSPS) is 12.6. The molecule has 17 aromatic rings. The van der Waals surface area contributed by atoms with E-state index in [1.807, 2.05) is 254 Å². The fourth-order valence-corrected chi connectivity index (χ4v) is 15.1. The van der Waals surface area contributed by atoms with Crippen LogP contribution in [0.3, 0.4) is 0 Å². The summed E-state index contributed by atoms with van der Waals surface area (Å²) in [5.74, 6) is 1.67. The molecule has 11 aromatic carbocycles. The summed E-state index contributed by atoms with van der Waals surface area (Å²) in [5, 5.41) is 9.34. The topological polar surface area (TPSA) is 127 Å². The Morgan fingerprint density at radius 1 is 0.376 bits per heavy atom. The van der Waals surface area contributed by atoms with Gasteiger partial charge in [-0.15, -0.1) is 250 Å². The van der Waals surface area contributed by atoms with E-state index in [4.69, 9.17) is 13.2 Å². The molecule has 9 nitrogen and oxygen atoms in total. The first-order chi connectivity index (χ1) is 68.9. The molecule has 1 unspecified atom stereocenters. The minimum atomic E-state index is -2.12. The number of hydrogen-bond donors (Lipinski definition) is 1. The Morgan fingerprint density at radius 3 is 1.29 bits per heavy atom. The number of aromatic nitrogens is 6. The molecule has 722 valence electrons. The maximum absolute atomic E-state index is 11.2. The Balaban J connectivity index is 0.000000206. The van der Waals surface area contributed by atoms with E-state index in [0.29, 0.717) is 36.3 Å². The van der Waals surface area contributed by atoms with Gasteiger partial charge in [0.25, 0.3) is 0 Å². The number of aliphatic hydroxyl groups excluding tert-OH is 1. The second kappa shape index (κ2) is 59.6. The number of aliphatic imine (C=N–C) groups is 1. The summed E-state index contributed by atoms with van der Waals surface area (Å²) in [5.41, 5.74) is 33.6. The van der Waals surface area contributed by atoms with Crippen LogP contribution in [0.4, 0.5) is 0 Å². The molecule has 4 radical (unpaired) electrons. The van der Waals surface area contributed by atoms with Crippen molar-refractivity contribution in [3.05, 3.63) is 510 Å². The van der Waals surface area contributed by atoms with Crippen molar-refractivity contribution in [2.24, 2.45) is 22.7 Å². The molecule has 0 fully saturated rings. The molecule has 13 heteroatoms. The predicted molar refractivity (Wildman–Crippen MR) is 570 cm³/mol. The number of ketones is 1. The minimum absolute atomic E-state index is 0. The first kappa shape index (κ1) is 104. The summed E-state index contributed by atoms with van der Waals surface area (Å²) >= 11 is 0. The van der Waals surface area contributed by atoms with Gasteiger partial charge in [-0.05, 0) is 197 Å². The zero-order valence-corrected chi connectivity index (χ0v) is 91.1. The van der Waals surface area contributed by atoms with Crippen LogP contribution in [0.1, 0.15) is 132 Å². The van der Waals surface area contributed by atoms with Crippen molar-refractivity contribution in [3.8, 4) is 101 Å².